The summed E-state index contributed by atoms with van der Waals surface area (Å²) in [7, 11) is -7.28. The Balaban J connectivity index is 4.86. The van der Waals surface area contributed by atoms with E-state index in [1.54, 1.807) is 27.7 Å². The summed E-state index contributed by atoms with van der Waals surface area (Å²) in [5, 5.41) is 0. The minimum Gasteiger partial charge on any atom is -0.260 e. The van der Waals surface area contributed by atoms with Crippen molar-refractivity contribution < 1.29 is 25.2 Å². The summed E-state index contributed by atoms with van der Waals surface area (Å²) in [5.74, 6) is -0.0480. The summed E-state index contributed by atoms with van der Waals surface area (Å²) in [5.41, 5.74) is -2.17. The van der Waals surface area contributed by atoms with Crippen LogP contribution in [0, 0.1) is 0 Å². The molecule has 0 aromatic carbocycles. The first-order valence-electron chi connectivity index (χ1n) is 9.31. The highest BCUT2D eigenvalue weighted by Gasteiger charge is 2.28. The lowest BCUT2D eigenvalue weighted by molar-refractivity contribution is 0.152. The van der Waals surface area contributed by atoms with Crippen molar-refractivity contribution in [2.45, 2.75) is 91.3 Å². The minimum atomic E-state index is -3.64. The maximum Gasteiger partial charge on any atom is 0.268 e. The van der Waals surface area contributed by atoms with E-state index >= 15 is 0 Å². The average Bonchev–Trinajstić information content (AvgIpc) is 2.43. The molecular formula is C18H36O6S2. The predicted octanol–water partition coefficient (Wildman–Crippen LogP) is 4.17. The second kappa shape index (κ2) is 10.8. The highest BCUT2D eigenvalue weighted by atomic mass is 32.2. The zero-order chi connectivity index (χ0) is 20.5. The third-order valence-electron chi connectivity index (χ3n) is 3.57. The van der Waals surface area contributed by atoms with Crippen LogP contribution in [-0.2, 0) is 28.6 Å². The van der Waals surface area contributed by atoms with Crippen LogP contribution in [0.25, 0.3) is 0 Å². The number of rotatable bonds is 14. The van der Waals surface area contributed by atoms with Gasteiger partial charge in [0, 0.05) is 0 Å². The monoisotopic (exact) mass is 412 g/mol. The Labute approximate surface area is 160 Å². The van der Waals surface area contributed by atoms with Gasteiger partial charge in [0.1, 0.15) is 11.2 Å². The topological polar surface area (TPSA) is 86.7 Å². The average molecular weight is 413 g/mol. The molecule has 0 radical (unpaired) electrons. The van der Waals surface area contributed by atoms with Gasteiger partial charge in [-0.1, -0.05) is 51.7 Å². The molecule has 0 spiro atoms. The Kier molecular flexibility index (Phi) is 10.6. The lowest BCUT2D eigenvalue weighted by Crippen LogP contribution is -2.31. The largest absolute Gasteiger partial charge is 0.268 e. The van der Waals surface area contributed by atoms with Crippen LogP contribution in [0.5, 0.6) is 0 Å². The molecule has 0 aromatic heterocycles. The van der Waals surface area contributed by atoms with Gasteiger partial charge in [0.25, 0.3) is 20.2 Å². The Morgan fingerprint density at radius 3 is 1.23 bits per heavy atom. The van der Waals surface area contributed by atoms with Gasteiger partial charge in [0.05, 0.1) is 11.5 Å². The summed E-state index contributed by atoms with van der Waals surface area (Å²) in [6.45, 7) is 10.5. The Hall–Kier alpha value is -0.440. The van der Waals surface area contributed by atoms with Crippen molar-refractivity contribution in [1.29, 1.82) is 0 Å². The fraction of sp³-hybridized carbons (Fsp3) is 0.889. The number of hydrogen-bond acceptors (Lipinski definition) is 6. The van der Waals surface area contributed by atoms with Crippen LogP contribution in [0.2, 0.25) is 0 Å². The molecule has 0 N–H and O–H groups in total. The highest BCUT2D eigenvalue weighted by Crippen LogP contribution is 2.22. The van der Waals surface area contributed by atoms with E-state index in [9.17, 15) is 16.8 Å². The molecule has 0 unspecified atom stereocenters. The van der Waals surface area contributed by atoms with Gasteiger partial charge in [-0.25, -0.2) is 0 Å². The third kappa shape index (κ3) is 12.8. The first-order valence-corrected chi connectivity index (χ1v) is 12.5. The number of unbranched alkanes of at least 4 members (excludes halogenated alkanes) is 4. The molecule has 0 heterocycles. The van der Waals surface area contributed by atoms with Crippen molar-refractivity contribution in [1.82, 2.24) is 0 Å². The molecule has 8 heteroatoms. The van der Waals surface area contributed by atoms with Gasteiger partial charge in [0.2, 0.25) is 0 Å². The van der Waals surface area contributed by atoms with E-state index in [4.69, 9.17) is 8.37 Å². The third-order valence-corrected chi connectivity index (χ3v) is 6.51. The van der Waals surface area contributed by atoms with Crippen LogP contribution in [-0.4, -0.2) is 39.5 Å². The Morgan fingerprint density at radius 2 is 0.962 bits per heavy atom. The number of hydrogen-bond donors (Lipinski definition) is 0. The predicted molar refractivity (Wildman–Crippen MR) is 106 cm³/mol. The Bertz CT molecular complexity index is 575. The van der Waals surface area contributed by atoms with E-state index in [0.717, 1.165) is 25.7 Å². The molecule has 26 heavy (non-hydrogen) atoms. The maximum absolute atomic E-state index is 12.0. The SMILES string of the molecule is CCCCCS(=O)(=O)OC(C)(C)C=CC(C)(C)OS(=O)(=O)CCCCC. The Morgan fingerprint density at radius 1 is 0.654 bits per heavy atom. The second-order valence-electron chi connectivity index (χ2n) is 7.64. The van der Waals surface area contributed by atoms with Crippen LogP contribution in [0.15, 0.2) is 12.2 Å². The normalized spacial score (nSPS) is 14.2. The zero-order valence-electron chi connectivity index (χ0n) is 17.1. The van der Waals surface area contributed by atoms with Gasteiger partial charge < -0.3 is 0 Å². The fourth-order valence-corrected chi connectivity index (χ4v) is 4.95. The molecule has 0 fully saturated rings. The molecule has 156 valence electrons. The highest BCUT2D eigenvalue weighted by molar-refractivity contribution is 7.87. The molecule has 0 bridgehead atoms. The van der Waals surface area contributed by atoms with Gasteiger partial charge >= 0.3 is 0 Å². The van der Waals surface area contributed by atoms with Crippen LogP contribution in [0.4, 0.5) is 0 Å². The molecular weight excluding hydrogens is 376 g/mol. The quantitative estimate of drug-likeness (QED) is 0.242. The molecule has 0 saturated heterocycles. The van der Waals surface area contributed by atoms with E-state index in [-0.39, 0.29) is 11.5 Å². The van der Waals surface area contributed by atoms with E-state index in [0.29, 0.717) is 12.8 Å². The fourth-order valence-electron chi connectivity index (χ4n) is 2.25. The van der Waals surface area contributed by atoms with Crippen molar-refractivity contribution in [2.75, 3.05) is 11.5 Å². The lowest BCUT2D eigenvalue weighted by Gasteiger charge is -2.25. The van der Waals surface area contributed by atoms with Crippen LogP contribution < -0.4 is 0 Å². The second-order valence-corrected chi connectivity index (χ2v) is 11.0. The van der Waals surface area contributed by atoms with Crippen molar-refractivity contribution in [3.8, 4) is 0 Å². The molecule has 0 rings (SSSR count). The zero-order valence-corrected chi connectivity index (χ0v) is 18.7. The van der Waals surface area contributed by atoms with E-state index in [1.807, 2.05) is 13.8 Å². The first-order chi connectivity index (χ1) is 11.7. The summed E-state index contributed by atoms with van der Waals surface area (Å²) < 4.78 is 58.7. The van der Waals surface area contributed by atoms with Crippen LogP contribution in [0.1, 0.15) is 80.1 Å². The molecule has 0 atom stereocenters. The molecule has 0 saturated carbocycles. The minimum absolute atomic E-state index is 0.0240. The van der Waals surface area contributed by atoms with Crippen LogP contribution in [0.3, 0.4) is 0 Å². The van der Waals surface area contributed by atoms with E-state index < -0.39 is 31.4 Å². The van der Waals surface area contributed by atoms with Gasteiger partial charge in [-0.2, -0.15) is 16.8 Å². The van der Waals surface area contributed by atoms with Gasteiger partial charge in [0.15, 0.2) is 0 Å². The van der Waals surface area contributed by atoms with Gasteiger partial charge in [-0.3, -0.25) is 8.37 Å². The van der Waals surface area contributed by atoms with Gasteiger partial charge in [-0.15, -0.1) is 0 Å². The van der Waals surface area contributed by atoms with E-state index in [2.05, 4.69) is 0 Å². The van der Waals surface area contributed by atoms with Crippen molar-refractivity contribution in [2.24, 2.45) is 0 Å². The summed E-state index contributed by atoms with van der Waals surface area (Å²) in [6.07, 6.45) is 7.70. The molecule has 6 nitrogen and oxygen atoms in total. The summed E-state index contributed by atoms with van der Waals surface area (Å²) in [4.78, 5) is 0. The van der Waals surface area contributed by atoms with Crippen molar-refractivity contribution in [3.05, 3.63) is 12.2 Å². The first kappa shape index (κ1) is 25.6. The molecule has 0 aromatic rings. The summed E-state index contributed by atoms with van der Waals surface area (Å²) in [6, 6.07) is 0. The van der Waals surface area contributed by atoms with Crippen molar-refractivity contribution in [3.63, 3.8) is 0 Å². The standard InChI is InChI=1S/C18H36O6S2/c1-7-9-11-15-25(19,20)23-17(3,4)13-14-18(5,6)24-26(21,22)16-12-10-8-2/h13-14H,7-12,15-16H2,1-6H3. The van der Waals surface area contributed by atoms with E-state index in [1.165, 1.54) is 12.2 Å². The summed E-state index contributed by atoms with van der Waals surface area (Å²) >= 11 is 0. The van der Waals surface area contributed by atoms with Crippen LogP contribution >= 0.6 is 0 Å². The molecule has 0 aliphatic carbocycles. The molecule has 0 amide bonds. The lowest BCUT2D eigenvalue weighted by atomic mass is 10.0. The smallest absolute Gasteiger partial charge is 0.260 e. The molecule has 0 aliphatic heterocycles. The van der Waals surface area contributed by atoms with Crippen molar-refractivity contribution >= 4 is 20.2 Å². The molecule has 0 aliphatic rings. The van der Waals surface area contributed by atoms with Gasteiger partial charge in [-0.05, 0) is 40.5 Å². The maximum atomic E-state index is 12.0.